The third-order valence-corrected chi connectivity index (χ3v) is 4.42. The highest BCUT2D eigenvalue weighted by atomic mass is 16.5. The summed E-state index contributed by atoms with van der Waals surface area (Å²) in [7, 11) is 0. The van der Waals surface area contributed by atoms with Crippen molar-refractivity contribution in [1.29, 1.82) is 0 Å². The highest BCUT2D eigenvalue weighted by molar-refractivity contribution is 5.92. The molecule has 1 aromatic heterocycles. The van der Waals surface area contributed by atoms with Crippen molar-refractivity contribution < 1.29 is 14.3 Å². The van der Waals surface area contributed by atoms with E-state index < -0.39 is 0 Å². The summed E-state index contributed by atoms with van der Waals surface area (Å²) >= 11 is 0. The molecule has 0 aliphatic rings. The molecule has 0 bridgehead atoms. The zero-order chi connectivity index (χ0) is 19.3. The van der Waals surface area contributed by atoms with Gasteiger partial charge in [0.25, 0.3) is 0 Å². The summed E-state index contributed by atoms with van der Waals surface area (Å²) in [6.45, 7) is 1.92. The smallest absolute Gasteiger partial charge is 0.315 e. The maximum absolute atomic E-state index is 12.3. The van der Waals surface area contributed by atoms with Crippen LogP contribution < -0.4 is 9.47 Å². The summed E-state index contributed by atoms with van der Waals surface area (Å²) in [6.07, 6.45) is 1.81. The molecule has 0 N–H and O–H groups in total. The number of fused-ring (bicyclic) bond motifs is 1. The van der Waals surface area contributed by atoms with E-state index in [9.17, 15) is 4.79 Å². The number of carbonyl (C=O) groups is 1. The van der Waals surface area contributed by atoms with Gasteiger partial charge in [-0.1, -0.05) is 48.5 Å². The Balaban J connectivity index is 1.59. The second-order valence-electron chi connectivity index (χ2n) is 6.47. The van der Waals surface area contributed by atoms with E-state index in [-0.39, 0.29) is 12.4 Å². The summed E-state index contributed by atoms with van der Waals surface area (Å²) in [5, 5.41) is 1.72. The van der Waals surface area contributed by atoms with Crippen molar-refractivity contribution >= 4 is 16.7 Å². The first-order valence-corrected chi connectivity index (χ1v) is 9.06. The van der Waals surface area contributed by atoms with E-state index >= 15 is 0 Å². The topological polar surface area (TPSA) is 48.4 Å². The molecule has 0 unspecified atom stereocenters. The van der Waals surface area contributed by atoms with Crippen molar-refractivity contribution in [3.05, 3.63) is 96.3 Å². The lowest BCUT2D eigenvalue weighted by molar-refractivity contribution is -0.133. The number of para-hydroxylation sites is 1. The molecule has 3 aromatic carbocycles. The van der Waals surface area contributed by atoms with Gasteiger partial charge in [0.1, 0.15) is 11.5 Å². The minimum absolute atomic E-state index is 0.214. The number of rotatable bonds is 5. The molecule has 1 heterocycles. The molecule has 0 aliphatic carbocycles. The average molecular weight is 369 g/mol. The Morgan fingerprint density at radius 3 is 2.32 bits per heavy atom. The van der Waals surface area contributed by atoms with E-state index in [2.05, 4.69) is 4.98 Å². The Bertz CT molecular complexity index is 1110. The van der Waals surface area contributed by atoms with Gasteiger partial charge in [-0.2, -0.15) is 0 Å². The van der Waals surface area contributed by atoms with Crippen LogP contribution in [0.25, 0.3) is 10.8 Å². The van der Waals surface area contributed by atoms with E-state index in [0.29, 0.717) is 11.5 Å². The van der Waals surface area contributed by atoms with E-state index in [1.54, 1.807) is 6.20 Å². The van der Waals surface area contributed by atoms with Gasteiger partial charge in [-0.3, -0.25) is 9.78 Å². The molecular formula is C24H19NO3. The zero-order valence-electron chi connectivity index (χ0n) is 15.5. The lowest BCUT2D eigenvalue weighted by Gasteiger charge is -2.11. The highest BCUT2D eigenvalue weighted by Crippen LogP contribution is 2.32. The second kappa shape index (κ2) is 7.92. The summed E-state index contributed by atoms with van der Waals surface area (Å²) in [5.74, 6) is 1.60. The first-order chi connectivity index (χ1) is 13.7. The number of carbonyl (C=O) groups excluding carboxylic acids is 1. The number of pyridine rings is 1. The van der Waals surface area contributed by atoms with Crippen LogP contribution in [0.2, 0.25) is 0 Å². The molecule has 0 fully saturated rings. The predicted molar refractivity (Wildman–Crippen MR) is 109 cm³/mol. The number of hydrogen-bond acceptors (Lipinski definition) is 4. The minimum Gasteiger partial charge on any atom is -0.457 e. The largest absolute Gasteiger partial charge is 0.457 e. The normalized spacial score (nSPS) is 10.6. The number of hydrogen-bond donors (Lipinski definition) is 0. The quantitative estimate of drug-likeness (QED) is 0.437. The van der Waals surface area contributed by atoms with Crippen LogP contribution in [-0.2, 0) is 11.2 Å². The zero-order valence-corrected chi connectivity index (χ0v) is 15.5. The number of aromatic nitrogens is 1. The molecule has 4 aromatic rings. The molecule has 4 rings (SSSR count). The second-order valence-corrected chi connectivity index (χ2v) is 6.47. The van der Waals surface area contributed by atoms with Gasteiger partial charge in [-0.15, -0.1) is 0 Å². The Morgan fingerprint density at radius 2 is 1.57 bits per heavy atom. The van der Waals surface area contributed by atoms with Crippen molar-refractivity contribution in [2.75, 3.05) is 0 Å². The third-order valence-electron chi connectivity index (χ3n) is 4.42. The summed E-state index contributed by atoms with van der Waals surface area (Å²) in [4.78, 5) is 16.7. The fourth-order valence-electron chi connectivity index (χ4n) is 3.02. The molecule has 0 aliphatic heterocycles. The molecule has 0 saturated heterocycles. The maximum Gasteiger partial charge on any atom is 0.315 e. The first-order valence-electron chi connectivity index (χ1n) is 9.06. The van der Waals surface area contributed by atoms with Gasteiger partial charge in [0.05, 0.1) is 12.6 Å². The fraction of sp³-hybridized carbons (Fsp3) is 0.0833. The summed E-state index contributed by atoms with van der Waals surface area (Å²) < 4.78 is 11.5. The van der Waals surface area contributed by atoms with E-state index in [1.807, 2.05) is 85.8 Å². The highest BCUT2D eigenvalue weighted by Gasteiger charge is 2.12. The number of esters is 1. The number of ether oxygens (including phenoxy) is 2. The Morgan fingerprint density at radius 1 is 0.857 bits per heavy atom. The standard InChI is InChI=1S/C24H19NO3/c1-17-22-15-20(27-19-10-6-3-7-11-19)12-13-21(22)23(16-25-17)28-24(26)14-18-8-4-2-5-9-18/h2-13,15-16H,14H2,1H3. The van der Waals surface area contributed by atoms with Crippen LogP contribution in [0.1, 0.15) is 11.3 Å². The van der Waals surface area contributed by atoms with E-state index in [0.717, 1.165) is 27.8 Å². The van der Waals surface area contributed by atoms with Crippen LogP contribution in [0.15, 0.2) is 85.1 Å². The van der Waals surface area contributed by atoms with Crippen molar-refractivity contribution in [1.82, 2.24) is 4.98 Å². The molecule has 0 radical (unpaired) electrons. The average Bonchev–Trinajstić information content (AvgIpc) is 2.72. The molecule has 0 amide bonds. The Hall–Kier alpha value is -3.66. The van der Waals surface area contributed by atoms with Gasteiger partial charge in [0.2, 0.25) is 0 Å². The number of nitrogens with zero attached hydrogens (tertiary/aromatic N) is 1. The molecule has 4 nitrogen and oxygen atoms in total. The van der Waals surface area contributed by atoms with Gasteiger partial charge in [-0.05, 0) is 42.8 Å². The third kappa shape index (κ3) is 4.01. The van der Waals surface area contributed by atoms with Gasteiger partial charge in [0.15, 0.2) is 5.75 Å². The van der Waals surface area contributed by atoms with Gasteiger partial charge >= 0.3 is 5.97 Å². The van der Waals surface area contributed by atoms with E-state index in [4.69, 9.17) is 9.47 Å². The van der Waals surface area contributed by atoms with Crippen LogP contribution >= 0.6 is 0 Å². The van der Waals surface area contributed by atoms with Crippen molar-refractivity contribution in [3.63, 3.8) is 0 Å². The van der Waals surface area contributed by atoms with Crippen LogP contribution in [-0.4, -0.2) is 11.0 Å². The SMILES string of the molecule is Cc1ncc(OC(=O)Cc2ccccc2)c2ccc(Oc3ccccc3)cc12. The lowest BCUT2D eigenvalue weighted by atomic mass is 10.1. The van der Waals surface area contributed by atoms with Crippen molar-refractivity contribution in [2.45, 2.75) is 13.3 Å². The van der Waals surface area contributed by atoms with Crippen LogP contribution in [0.5, 0.6) is 17.2 Å². The number of benzene rings is 3. The van der Waals surface area contributed by atoms with Crippen LogP contribution in [0, 0.1) is 6.92 Å². The van der Waals surface area contributed by atoms with Crippen molar-refractivity contribution in [2.24, 2.45) is 0 Å². The monoisotopic (exact) mass is 369 g/mol. The fourth-order valence-corrected chi connectivity index (χ4v) is 3.02. The van der Waals surface area contributed by atoms with Gasteiger partial charge < -0.3 is 9.47 Å². The van der Waals surface area contributed by atoms with E-state index in [1.165, 1.54) is 0 Å². The lowest BCUT2D eigenvalue weighted by Crippen LogP contribution is -2.11. The molecule has 4 heteroatoms. The maximum atomic E-state index is 12.3. The predicted octanol–water partition coefficient (Wildman–Crippen LogP) is 5.48. The van der Waals surface area contributed by atoms with Crippen LogP contribution in [0.3, 0.4) is 0 Å². The summed E-state index contributed by atoms with van der Waals surface area (Å²) in [5.41, 5.74) is 1.76. The Kier molecular flexibility index (Phi) is 5.02. The van der Waals surface area contributed by atoms with Gasteiger partial charge in [0, 0.05) is 16.5 Å². The molecule has 138 valence electrons. The first kappa shape index (κ1) is 17.7. The molecule has 0 spiro atoms. The molecular weight excluding hydrogens is 350 g/mol. The van der Waals surface area contributed by atoms with Crippen molar-refractivity contribution in [3.8, 4) is 17.2 Å². The Labute approximate surface area is 163 Å². The molecule has 28 heavy (non-hydrogen) atoms. The summed E-state index contributed by atoms with van der Waals surface area (Å²) in [6, 6.07) is 24.8. The van der Waals surface area contributed by atoms with Gasteiger partial charge in [-0.25, -0.2) is 0 Å². The molecule has 0 saturated carbocycles. The van der Waals surface area contributed by atoms with Crippen LogP contribution in [0.4, 0.5) is 0 Å². The number of aryl methyl sites for hydroxylation is 1. The minimum atomic E-state index is -0.317. The molecule has 0 atom stereocenters.